The van der Waals surface area contributed by atoms with E-state index < -0.39 is 0 Å². The fourth-order valence-corrected chi connectivity index (χ4v) is 0.981. The summed E-state index contributed by atoms with van der Waals surface area (Å²) in [5.41, 5.74) is 0. The zero-order valence-corrected chi connectivity index (χ0v) is 9.85. The van der Waals surface area contributed by atoms with Crippen molar-refractivity contribution < 1.29 is 0 Å². The van der Waals surface area contributed by atoms with Gasteiger partial charge in [-0.25, -0.2) is 0 Å². The summed E-state index contributed by atoms with van der Waals surface area (Å²) in [5.74, 6) is 0.877. The van der Waals surface area contributed by atoms with Gasteiger partial charge in [0.1, 0.15) is 0 Å². The lowest BCUT2D eigenvalue weighted by atomic mass is 10.1. The molecule has 1 heteroatoms. The van der Waals surface area contributed by atoms with Gasteiger partial charge in [0, 0.05) is 0 Å². The van der Waals surface area contributed by atoms with Crippen LogP contribution in [-0.2, 0) is 0 Å². The zero-order chi connectivity index (χ0) is 9.98. The average molecular weight is 173 g/mol. The van der Waals surface area contributed by atoms with Gasteiger partial charge in [-0.3, -0.25) is 0 Å². The molecule has 0 atom stereocenters. The molecule has 12 heavy (non-hydrogen) atoms. The van der Waals surface area contributed by atoms with Crippen LogP contribution in [-0.4, -0.2) is 25.5 Å². The van der Waals surface area contributed by atoms with Crippen LogP contribution >= 0.6 is 0 Å². The smallest absolute Gasteiger partial charge is 0.00248 e. The Hall–Kier alpha value is -0.0400. The highest BCUT2D eigenvalue weighted by Gasteiger charge is 1.94. The first-order valence-corrected chi connectivity index (χ1v) is 5.27. The molecule has 0 saturated carbocycles. The van der Waals surface area contributed by atoms with Crippen molar-refractivity contribution in [3.63, 3.8) is 0 Å². The molecule has 0 aromatic rings. The monoisotopic (exact) mass is 173 g/mol. The van der Waals surface area contributed by atoms with Crippen LogP contribution < -0.4 is 0 Å². The molecule has 0 rings (SSSR count). The van der Waals surface area contributed by atoms with E-state index >= 15 is 0 Å². The predicted molar refractivity (Wildman–Crippen MR) is 58.6 cm³/mol. The first-order chi connectivity index (χ1) is 5.63. The van der Waals surface area contributed by atoms with Crippen LogP contribution in [0.5, 0.6) is 0 Å². The molecular formula is C11H27N. The molecule has 0 aliphatic carbocycles. The fourth-order valence-electron chi connectivity index (χ4n) is 0.981. The second-order valence-corrected chi connectivity index (χ2v) is 3.69. The Morgan fingerprint density at radius 1 is 1.00 bits per heavy atom. The van der Waals surface area contributed by atoms with E-state index in [0.717, 1.165) is 5.92 Å². The van der Waals surface area contributed by atoms with Crippen LogP contribution in [0, 0.1) is 5.92 Å². The number of nitrogens with zero attached hydrogens (tertiary/aromatic N) is 1. The van der Waals surface area contributed by atoms with Crippen LogP contribution in [0.25, 0.3) is 0 Å². The van der Waals surface area contributed by atoms with E-state index in [1.807, 2.05) is 13.8 Å². The fraction of sp³-hybridized carbons (Fsp3) is 1.00. The van der Waals surface area contributed by atoms with Gasteiger partial charge in [0.25, 0.3) is 0 Å². The Kier molecular flexibility index (Phi) is 13.2. The minimum atomic E-state index is 0.877. The van der Waals surface area contributed by atoms with E-state index in [-0.39, 0.29) is 0 Å². The quantitative estimate of drug-likeness (QED) is 0.576. The molecule has 0 bridgehead atoms. The summed E-state index contributed by atoms with van der Waals surface area (Å²) >= 11 is 0. The molecule has 0 aromatic heterocycles. The van der Waals surface area contributed by atoms with Crippen LogP contribution in [0.2, 0.25) is 0 Å². The maximum atomic E-state index is 2.29. The molecule has 0 radical (unpaired) electrons. The van der Waals surface area contributed by atoms with Crippen LogP contribution in [0.15, 0.2) is 0 Å². The number of hydrogen-bond acceptors (Lipinski definition) is 1. The summed E-state index contributed by atoms with van der Waals surface area (Å²) in [5, 5.41) is 0. The van der Waals surface area contributed by atoms with Crippen molar-refractivity contribution in [1.82, 2.24) is 4.90 Å². The topological polar surface area (TPSA) is 3.24 Å². The van der Waals surface area contributed by atoms with Gasteiger partial charge in [0.2, 0.25) is 0 Å². The van der Waals surface area contributed by atoms with Crippen LogP contribution in [0.1, 0.15) is 47.0 Å². The van der Waals surface area contributed by atoms with Gasteiger partial charge < -0.3 is 4.90 Å². The Morgan fingerprint density at radius 2 is 1.50 bits per heavy atom. The van der Waals surface area contributed by atoms with E-state index in [9.17, 15) is 0 Å². The molecule has 0 N–H and O–H groups in total. The standard InChI is InChI=1S/C9H21N.C2H6/c1-9(2)7-5-6-8-10(3)4;1-2/h9H,5-8H2,1-4H3;1-2H3. The highest BCUT2D eigenvalue weighted by molar-refractivity contribution is 4.48. The molecule has 0 saturated heterocycles. The highest BCUT2D eigenvalue weighted by Crippen LogP contribution is 2.05. The normalized spacial score (nSPS) is 10.0. The van der Waals surface area contributed by atoms with Gasteiger partial charge in [0.05, 0.1) is 0 Å². The Morgan fingerprint density at radius 3 is 1.83 bits per heavy atom. The molecule has 0 aromatic carbocycles. The zero-order valence-electron chi connectivity index (χ0n) is 9.85. The van der Waals surface area contributed by atoms with Gasteiger partial charge >= 0.3 is 0 Å². The highest BCUT2D eigenvalue weighted by atomic mass is 15.0. The largest absolute Gasteiger partial charge is 0.309 e. The van der Waals surface area contributed by atoms with Crippen molar-refractivity contribution in [2.75, 3.05) is 20.6 Å². The van der Waals surface area contributed by atoms with E-state index in [1.165, 1.54) is 25.8 Å². The summed E-state index contributed by atoms with van der Waals surface area (Å²) < 4.78 is 0. The van der Waals surface area contributed by atoms with Crippen LogP contribution in [0.4, 0.5) is 0 Å². The lowest BCUT2D eigenvalue weighted by Gasteiger charge is -2.09. The number of hydrogen-bond donors (Lipinski definition) is 0. The van der Waals surface area contributed by atoms with Crippen molar-refractivity contribution >= 4 is 0 Å². The minimum Gasteiger partial charge on any atom is -0.309 e. The molecule has 0 aliphatic heterocycles. The van der Waals surface area contributed by atoms with Crippen molar-refractivity contribution in [2.45, 2.75) is 47.0 Å². The van der Waals surface area contributed by atoms with E-state index in [2.05, 4.69) is 32.8 Å². The third-order valence-corrected chi connectivity index (χ3v) is 1.64. The second kappa shape index (κ2) is 11.0. The maximum Gasteiger partial charge on any atom is -0.00248 e. The van der Waals surface area contributed by atoms with Crippen molar-refractivity contribution in [3.05, 3.63) is 0 Å². The molecule has 76 valence electrons. The Bertz CT molecular complexity index is 57.4. The van der Waals surface area contributed by atoms with Gasteiger partial charge in [-0.2, -0.15) is 0 Å². The maximum absolute atomic E-state index is 2.29. The number of rotatable bonds is 5. The third-order valence-electron chi connectivity index (χ3n) is 1.64. The average Bonchev–Trinajstić information content (AvgIpc) is 2.02. The second-order valence-electron chi connectivity index (χ2n) is 3.69. The summed E-state index contributed by atoms with van der Waals surface area (Å²) in [4.78, 5) is 2.25. The third kappa shape index (κ3) is 16.5. The molecule has 0 unspecified atom stereocenters. The Labute approximate surface area is 79.2 Å². The summed E-state index contributed by atoms with van der Waals surface area (Å²) in [6, 6.07) is 0. The molecule has 0 aliphatic rings. The van der Waals surface area contributed by atoms with E-state index in [1.54, 1.807) is 0 Å². The molecule has 0 spiro atoms. The molecule has 0 heterocycles. The lowest BCUT2D eigenvalue weighted by molar-refractivity contribution is 0.383. The predicted octanol–water partition coefficient (Wildman–Crippen LogP) is 3.40. The van der Waals surface area contributed by atoms with Gasteiger partial charge in [-0.15, -0.1) is 0 Å². The van der Waals surface area contributed by atoms with E-state index in [0.29, 0.717) is 0 Å². The van der Waals surface area contributed by atoms with Crippen LogP contribution in [0.3, 0.4) is 0 Å². The number of unbranched alkanes of at least 4 members (excludes halogenated alkanes) is 1. The molecular weight excluding hydrogens is 146 g/mol. The summed E-state index contributed by atoms with van der Waals surface area (Å²) in [7, 11) is 4.27. The summed E-state index contributed by atoms with van der Waals surface area (Å²) in [6.45, 7) is 9.82. The molecule has 0 amide bonds. The molecule has 0 fully saturated rings. The molecule has 1 nitrogen and oxygen atoms in total. The van der Waals surface area contributed by atoms with Crippen molar-refractivity contribution in [3.8, 4) is 0 Å². The summed E-state index contributed by atoms with van der Waals surface area (Å²) in [6.07, 6.45) is 4.12. The SMILES string of the molecule is CC.CC(C)CCCCN(C)C. The van der Waals surface area contributed by atoms with Gasteiger partial charge in [0.15, 0.2) is 0 Å². The first kappa shape index (κ1) is 14.5. The van der Waals surface area contributed by atoms with E-state index in [4.69, 9.17) is 0 Å². The van der Waals surface area contributed by atoms with Crippen molar-refractivity contribution in [2.24, 2.45) is 5.92 Å². The van der Waals surface area contributed by atoms with Crippen molar-refractivity contribution in [1.29, 1.82) is 0 Å². The first-order valence-electron chi connectivity index (χ1n) is 5.27. The minimum absolute atomic E-state index is 0.877. The lowest BCUT2D eigenvalue weighted by Crippen LogP contribution is -2.12. The Balaban J connectivity index is 0. The van der Waals surface area contributed by atoms with Gasteiger partial charge in [-0.1, -0.05) is 40.5 Å². The van der Waals surface area contributed by atoms with Gasteiger partial charge in [-0.05, 0) is 33.0 Å².